The van der Waals surface area contributed by atoms with E-state index in [1.807, 2.05) is 30.0 Å². The minimum Gasteiger partial charge on any atom is -0.309 e. The molecule has 0 amide bonds. The molecule has 0 aliphatic heterocycles. The summed E-state index contributed by atoms with van der Waals surface area (Å²) in [6.07, 6.45) is 1.12. The number of halogens is 2. The van der Waals surface area contributed by atoms with E-state index in [2.05, 4.69) is 19.2 Å². The summed E-state index contributed by atoms with van der Waals surface area (Å²) >= 11 is 14.1. The fourth-order valence-corrected chi connectivity index (χ4v) is 2.91. The van der Waals surface area contributed by atoms with Crippen molar-refractivity contribution in [3.8, 4) is 0 Å². The maximum absolute atomic E-state index is 6.25. The lowest BCUT2D eigenvalue weighted by atomic mass is 10.1. The van der Waals surface area contributed by atoms with Gasteiger partial charge in [0.15, 0.2) is 0 Å². The molecule has 1 nitrogen and oxygen atoms in total. The van der Waals surface area contributed by atoms with Crippen LogP contribution in [0, 0.1) is 0 Å². The molecule has 0 aliphatic rings. The van der Waals surface area contributed by atoms with Crippen LogP contribution in [0.25, 0.3) is 0 Å². The first-order valence-corrected chi connectivity index (χ1v) is 7.86. The van der Waals surface area contributed by atoms with Gasteiger partial charge in [-0.15, -0.1) is 0 Å². The molecule has 0 saturated heterocycles. The molecule has 0 aromatic heterocycles. The van der Waals surface area contributed by atoms with Crippen molar-refractivity contribution in [3.63, 3.8) is 0 Å². The van der Waals surface area contributed by atoms with Crippen LogP contribution in [-0.2, 0) is 0 Å². The SMILES string of the molecule is CCCNC(CSCC)c1ccc(Cl)cc1Cl. The minimum atomic E-state index is 0.310. The summed E-state index contributed by atoms with van der Waals surface area (Å²) in [7, 11) is 0. The number of hydrogen-bond donors (Lipinski definition) is 1. The fourth-order valence-electron chi connectivity index (χ4n) is 1.60. The molecule has 0 fully saturated rings. The van der Waals surface area contributed by atoms with Crippen molar-refractivity contribution in [1.82, 2.24) is 5.32 Å². The van der Waals surface area contributed by atoms with E-state index in [1.54, 1.807) is 0 Å². The van der Waals surface area contributed by atoms with E-state index in [1.165, 1.54) is 0 Å². The largest absolute Gasteiger partial charge is 0.309 e. The van der Waals surface area contributed by atoms with Gasteiger partial charge in [-0.05, 0) is 36.4 Å². The van der Waals surface area contributed by atoms with E-state index in [0.29, 0.717) is 11.1 Å². The zero-order valence-corrected chi connectivity index (χ0v) is 12.6. The predicted octanol–water partition coefficient (Wildman–Crippen LogP) is 4.79. The van der Waals surface area contributed by atoms with Gasteiger partial charge in [0.25, 0.3) is 0 Å². The Morgan fingerprint density at radius 1 is 1.29 bits per heavy atom. The van der Waals surface area contributed by atoms with Crippen molar-refractivity contribution >= 4 is 35.0 Å². The van der Waals surface area contributed by atoms with Crippen LogP contribution >= 0.6 is 35.0 Å². The van der Waals surface area contributed by atoms with E-state index in [0.717, 1.165) is 35.1 Å². The van der Waals surface area contributed by atoms with E-state index in [-0.39, 0.29) is 0 Å². The monoisotopic (exact) mass is 291 g/mol. The Labute approximate surface area is 118 Å². The summed E-state index contributed by atoms with van der Waals surface area (Å²) in [4.78, 5) is 0. The lowest BCUT2D eigenvalue weighted by Gasteiger charge is -2.19. The summed E-state index contributed by atoms with van der Waals surface area (Å²) < 4.78 is 0. The van der Waals surface area contributed by atoms with Gasteiger partial charge in [0.2, 0.25) is 0 Å². The minimum absolute atomic E-state index is 0.310. The fraction of sp³-hybridized carbons (Fsp3) is 0.538. The topological polar surface area (TPSA) is 12.0 Å². The zero-order valence-electron chi connectivity index (χ0n) is 10.3. The molecule has 1 unspecified atom stereocenters. The third kappa shape index (κ3) is 5.09. The molecule has 17 heavy (non-hydrogen) atoms. The Hall–Kier alpha value is 0.110. The number of benzene rings is 1. The van der Waals surface area contributed by atoms with Crippen molar-refractivity contribution in [2.75, 3.05) is 18.1 Å². The standard InChI is InChI=1S/C13H19Cl2NS/c1-3-7-16-13(9-17-4-2)11-6-5-10(14)8-12(11)15/h5-6,8,13,16H,3-4,7,9H2,1-2H3. The zero-order chi connectivity index (χ0) is 12.7. The molecule has 1 rings (SSSR count). The first-order valence-electron chi connectivity index (χ1n) is 5.95. The lowest BCUT2D eigenvalue weighted by molar-refractivity contribution is 0.577. The molecule has 0 saturated carbocycles. The van der Waals surface area contributed by atoms with E-state index in [9.17, 15) is 0 Å². The summed E-state index contributed by atoms with van der Waals surface area (Å²) in [5, 5.41) is 4.98. The van der Waals surface area contributed by atoms with Gasteiger partial charge in [-0.1, -0.05) is 43.1 Å². The van der Waals surface area contributed by atoms with Gasteiger partial charge in [0.1, 0.15) is 0 Å². The van der Waals surface area contributed by atoms with Gasteiger partial charge >= 0.3 is 0 Å². The summed E-state index contributed by atoms with van der Waals surface area (Å²) in [5.41, 5.74) is 1.14. The molecule has 1 atom stereocenters. The van der Waals surface area contributed by atoms with E-state index >= 15 is 0 Å². The normalized spacial score (nSPS) is 12.7. The number of nitrogens with one attached hydrogen (secondary N) is 1. The van der Waals surface area contributed by atoms with Crippen LogP contribution in [0.15, 0.2) is 18.2 Å². The van der Waals surface area contributed by atoms with Crippen LogP contribution in [0.3, 0.4) is 0 Å². The highest BCUT2D eigenvalue weighted by atomic mass is 35.5. The second-order valence-corrected chi connectivity index (χ2v) is 5.99. The molecule has 1 N–H and O–H groups in total. The van der Waals surface area contributed by atoms with Crippen LogP contribution < -0.4 is 5.32 Å². The Balaban J connectivity index is 2.79. The lowest BCUT2D eigenvalue weighted by Crippen LogP contribution is -2.24. The van der Waals surface area contributed by atoms with Gasteiger partial charge in [0.05, 0.1) is 0 Å². The summed E-state index contributed by atoms with van der Waals surface area (Å²) in [6.45, 7) is 5.35. The van der Waals surface area contributed by atoms with Crippen molar-refractivity contribution < 1.29 is 0 Å². The second kappa shape index (κ2) is 8.25. The molecule has 1 aromatic rings. The van der Waals surface area contributed by atoms with Gasteiger partial charge < -0.3 is 5.32 Å². The Kier molecular flexibility index (Phi) is 7.36. The van der Waals surface area contributed by atoms with Crippen molar-refractivity contribution in [3.05, 3.63) is 33.8 Å². The van der Waals surface area contributed by atoms with Crippen molar-refractivity contribution in [1.29, 1.82) is 0 Å². The third-order valence-electron chi connectivity index (χ3n) is 2.47. The van der Waals surface area contributed by atoms with Crippen LogP contribution in [-0.4, -0.2) is 18.1 Å². The maximum Gasteiger partial charge on any atom is 0.0468 e. The highest BCUT2D eigenvalue weighted by Crippen LogP contribution is 2.28. The van der Waals surface area contributed by atoms with Crippen molar-refractivity contribution in [2.24, 2.45) is 0 Å². The van der Waals surface area contributed by atoms with Crippen LogP contribution in [0.5, 0.6) is 0 Å². The average molecular weight is 292 g/mol. The predicted molar refractivity (Wildman–Crippen MR) is 80.5 cm³/mol. The molecular weight excluding hydrogens is 273 g/mol. The smallest absolute Gasteiger partial charge is 0.0468 e. The highest BCUT2D eigenvalue weighted by molar-refractivity contribution is 7.99. The summed E-state index contributed by atoms with van der Waals surface area (Å²) in [6, 6.07) is 6.05. The quantitative estimate of drug-likeness (QED) is 0.775. The number of hydrogen-bond acceptors (Lipinski definition) is 2. The number of rotatable bonds is 7. The van der Waals surface area contributed by atoms with E-state index < -0.39 is 0 Å². The van der Waals surface area contributed by atoms with Crippen LogP contribution in [0.4, 0.5) is 0 Å². The van der Waals surface area contributed by atoms with Gasteiger partial charge in [-0.25, -0.2) is 0 Å². The van der Waals surface area contributed by atoms with Crippen LogP contribution in [0.1, 0.15) is 31.9 Å². The Morgan fingerprint density at radius 2 is 2.06 bits per heavy atom. The molecule has 0 aliphatic carbocycles. The highest BCUT2D eigenvalue weighted by Gasteiger charge is 2.13. The molecule has 0 bridgehead atoms. The van der Waals surface area contributed by atoms with Crippen molar-refractivity contribution in [2.45, 2.75) is 26.3 Å². The molecule has 0 radical (unpaired) electrons. The Morgan fingerprint density at radius 3 is 2.65 bits per heavy atom. The summed E-state index contributed by atoms with van der Waals surface area (Å²) in [5.74, 6) is 2.16. The first-order chi connectivity index (χ1) is 8.19. The molecule has 1 aromatic carbocycles. The molecule has 4 heteroatoms. The first kappa shape index (κ1) is 15.2. The van der Waals surface area contributed by atoms with Gasteiger partial charge in [-0.2, -0.15) is 11.8 Å². The average Bonchev–Trinajstić information content (AvgIpc) is 2.30. The molecule has 0 heterocycles. The van der Waals surface area contributed by atoms with Gasteiger partial charge in [-0.3, -0.25) is 0 Å². The van der Waals surface area contributed by atoms with Gasteiger partial charge in [0, 0.05) is 21.8 Å². The third-order valence-corrected chi connectivity index (χ3v) is 4.01. The Bertz CT molecular complexity index is 336. The van der Waals surface area contributed by atoms with E-state index in [4.69, 9.17) is 23.2 Å². The van der Waals surface area contributed by atoms with Crippen LogP contribution in [0.2, 0.25) is 10.0 Å². The maximum atomic E-state index is 6.25. The second-order valence-electron chi connectivity index (χ2n) is 3.83. The number of thioether (sulfide) groups is 1. The molecule has 96 valence electrons. The molecular formula is C13H19Cl2NS. The molecule has 0 spiro atoms.